The van der Waals surface area contributed by atoms with Crippen molar-refractivity contribution >= 4 is 27.5 Å². The molecular formula is C15H16BrClN2O2. The number of hydrogen-bond acceptors (Lipinski definition) is 4. The van der Waals surface area contributed by atoms with Crippen molar-refractivity contribution in [2.24, 2.45) is 0 Å². The van der Waals surface area contributed by atoms with Crippen LogP contribution in [0.3, 0.4) is 0 Å². The largest absolute Gasteiger partial charge is 0.497 e. The molecule has 6 heteroatoms. The minimum absolute atomic E-state index is 0.397. The second kappa shape index (κ2) is 7.09. The fourth-order valence-corrected chi connectivity index (χ4v) is 2.54. The Morgan fingerprint density at radius 2 is 1.95 bits per heavy atom. The molecule has 0 aliphatic heterocycles. The number of aryl methyl sites for hydroxylation is 1. The normalized spacial score (nSPS) is 10.5. The van der Waals surface area contributed by atoms with Gasteiger partial charge in [0.2, 0.25) is 0 Å². The summed E-state index contributed by atoms with van der Waals surface area (Å²) in [6.45, 7) is 2.09. The number of methoxy groups -OCH3 is 2. The maximum atomic E-state index is 6.20. The predicted molar refractivity (Wildman–Crippen MR) is 87.3 cm³/mol. The Kier molecular flexibility index (Phi) is 5.42. The van der Waals surface area contributed by atoms with Gasteiger partial charge < -0.3 is 9.47 Å². The average Bonchev–Trinajstić information content (AvgIpc) is 2.51. The highest BCUT2D eigenvalue weighted by Gasteiger charge is 2.15. The van der Waals surface area contributed by atoms with Gasteiger partial charge in [-0.15, -0.1) is 0 Å². The van der Waals surface area contributed by atoms with Crippen LogP contribution >= 0.6 is 27.5 Å². The van der Waals surface area contributed by atoms with Crippen LogP contribution in [0, 0.1) is 0 Å². The van der Waals surface area contributed by atoms with Crippen LogP contribution in [0.2, 0.25) is 5.15 Å². The minimum atomic E-state index is 0.397. The highest BCUT2D eigenvalue weighted by Crippen LogP contribution is 2.34. The molecule has 0 saturated carbocycles. The first-order valence-electron chi connectivity index (χ1n) is 6.55. The summed E-state index contributed by atoms with van der Waals surface area (Å²) in [5, 5.41) is 0.397. The van der Waals surface area contributed by atoms with Gasteiger partial charge in [-0.2, -0.15) is 0 Å². The Balaban J connectivity index is 2.60. The molecule has 2 aromatic rings. The predicted octanol–water partition coefficient (Wildman–Crippen LogP) is 4.53. The Morgan fingerprint density at radius 1 is 1.19 bits per heavy atom. The average molecular weight is 372 g/mol. The standard InChI is InChI=1S/C15H16BrClN2O2/c1-4-5-11-13(16)14(17)19-15(18-11)10-8-9(20-2)6-7-12(10)21-3/h6-8H,4-5H2,1-3H3. The van der Waals surface area contributed by atoms with Crippen LogP contribution in [0.5, 0.6) is 11.5 Å². The molecular weight excluding hydrogens is 356 g/mol. The highest BCUT2D eigenvalue weighted by molar-refractivity contribution is 9.10. The number of nitrogens with zero attached hydrogens (tertiary/aromatic N) is 2. The van der Waals surface area contributed by atoms with Crippen molar-refractivity contribution in [2.75, 3.05) is 14.2 Å². The van der Waals surface area contributed by atoms with Gasteiger partial charge in [0.25, 0.3) is 0 Å². The SMILES string of the molecule is CCCc1nc(-c2cc(OC)ccc2OC)nc(Cl)c1Br. The van der Waals surface area contributed by atoms with Crippen LogP contribution in [0.25, 0.3) is 11.4 Å². The molecule has 1 heterocycles. The molecule has 2 rings (SSSR count). The van der Waals surface area contributed by atoms with Gasteiger partial charge in [-0.05, 0) is 40.5 Å². The lowest BCUT2D eigenvalue weighted by molar-refractivity contribution is 0.404. The van der Waals surface area contributed by atoms with Crippen LogP contribution in [0.15, 0.2) is 22.7 Å². The zero-order chi connectivity index (χ0) is 15.4. The zero-order valence-corrected chi connectivity index (χ0v) is 14.5. The first kappa shape index (κ1) is 16.0. The van der Waals surface area contributed by atoms with E-state index < -0.39 is 0 Å². The summed E-state index contributed by atoms with van der Waals surface area (Å²) in [6, 6.07) is 5.50. The third-order valence-electron chi connectivity index (χ3n) is 3.01. The minimum Gasteiger partial charge on any atom is -0.497 e. The third-order valence-corrected chi connectivity index (χ3v) is 4.35. The number of aromatic nitrogens is 2. The van der Waals surface area contributed by atoms with E-state index in [1.165, 1.54) is 0 Å². The molecule has 0 aliphatic rings. The summed E-state index contributed by atoms with van der Waals surface area (Å²) in [4.78, 5) is 8.94. The Morgan fingerprint density at radius 3 is 2.57 bits per heavy atom. The number of rotatable bonds is 5. The summed E-state index contributed by atoms with van der Waals surface area (Å²) in [7, 11) is 3.22. The molecule has 1 aromatic heterocycles. The van der Waals surface area contributed by atoms with E-state index in [1.807, 2.05) is 18.2 Å². The van der Waals surface area contributed by atoms with Gasteiger partial charge in [0.05, 0.1) is 29.9 Å². The third kappa shape index (κ3) is 3.47. The fraction of sp³-hybridized carbons (Fsp3) is 0.333. The van der Waals surface area contributed by atoms with Crippen molar-refractivity contribution in [2.45, 2.75) is 19.8 Å². The van der Waals surface area contributed by atoms with Crippen LogP contribution < -0.4 is 9.47 Å². The molecule has 0 unspecified atom stereocenters. The Hall–Kier alpha value is -1.33. The van der Waals surface area contributed by atoms with Crippen LogP contribution in [0.1, 0.15) is 19.0 Å². The molecule has 0 amide bonds. The summed E-state index contributed by atoms with van der Waals surface area (Å²) >= 11 is 9.64. The number of ether oxygens (including phenoxy) is 2. The van der Waals surface area contributed by atoms with Crippen LogP contribution in [-0.4, -0.2) is 24.2 Å². The fourth-order valence-electron chi connectivity index (χ4n) is 1.97. The van der Waals surface area contributed by atoms with E-state index in [4.69, 9.17) is 21.1 Å². The molecule has 0 fully saturated rings. The molecule has 0 bridgehead atoms. The molecule has 21 heavy (non-hydrogen) atoms. The molecule has 0 saturated heterocycles. The van der Waals surface area contributed by atoms with Crippen molar-refractivity contribution < 1.29 is 9.47 Å². The topological polar surface area (TPSA) is 44.2 Å². The number of hydrogen-bond donors (Lipinski definition) is 0. The first-order chi connectivity index (χ1) is 10.1. The summed E-state index contributed by atoms with van der Waals surface area (Å²) in [5.74, 6) is 1.92. The summed E-state index contributed by atoms with van der Waals surface area (Å²) in [5.41, 5.74) is 1.64. The maximum Gasteiger partial charge on any atom is 0.165 e. The molecule has 0 aliphatic carbocycles. The summed E-state index contributed by atoms with van der Waals surface area (Å²) in [6.07, 6.45) is 1.79. The molecule has 4 nitrogen and oxygen atoms in total. The smallest absolute Gasteiger partial charge is 0.165 e. The molecule has 112 valence electrons. The molecule has 0 radical (unpaired) electrons. The second-order valence-corrected chi connectivity index (χ2v) is 5.57. The first-order valence-corrected chi connectivity index (χ1v) is 7.72. The van der Waals surface area contributed by atoms with Crippen LogP contribution in [0.4, 0.5) is 0 Å². The Labute approximate surface area is 137 Å². The van der Waals surface area contributed by atoms with E-state index in [2.05, 4.69) is 32.8 Å². The molecule has 0 atom stereocenters. The summed E-state index contributed by atoms with van der Waals surface area (Å²) < 4.78 is 11.4. The van der Waals surface area contributed by atoms with E-state index in [0.29, 0.717) is 22.5 Å². The highest BCUT2D eigenvalue weighted by atomic mass is 79.9. The van der Waals surface area contributed by atoms with Gasteiger partial charge in [-0.1, -0.05) is 24.9 Å². The van der Waals surface area contributed by atoms with E-state index in [9.17, 15) is 0 Å². The van der Waals surface area contributed by atoms with Crippen molar-refractivity contribution in [3.05, 3.63) is 33.5 Å². The lowest BCUT2D eigenvalue weighted by Gasteiger charge is -2.12. The van der Waals surface area contributed by atoms with Gasteiger partial charge in [-0.3, -0.25) is 0 Å². The van der Waals surface area contributed by atoms with Crippen molar-refractivity contribution in [1.29, 1.82) is 0 Å². The van der Waals surface area contributed by atoms with Gasteiger partial charge in [0.1, 0.15) is 16.7 Å². The van der Waals surface area contributed by atoms with Gasteiger partial charge in [-0.25, -0.2) is 9.97 Å². The number of benzene rings is 1. The van der Waals surface area contributed by atoms with E-state index in [1.54, 1.807) is 14.2 Å². The maximum absolute atomic E-state index is 6.20. The van der Waals surface area contributed by atoms with Crippen molar-refractivity contribution in [1.82, 2.24) is 9.97 Å². The number of halogens is 2. The van der Waals surface area contributed by atoms with E-state index in [0.717, 1.165) is 28.6 Å². The quantitative estimate of drug-likeness (QED) is 0.724. The van der Waals surface area contributed by atoms with E-state index >= 15 is 0 Å². The molecule has 1 aromatic carbocycles. The zero-order valence-electron chi connectivity index (χ0n) is 12.1. The lowest BCUT2D eigenvalue weighted by Crippen LogP contribution is -2.00. The molecule has 0 N–H and O–H groups in total. The van der Waals surface area contributed by atoms with E-state index in [-0.39, 0.29) is 0 Å². The molecule has 0 spiro atoms. The monoisotopic (exact) mass is 370 g/mol. The van der Waals surface area contributed by atoms with Gasteiger partial charge in [0.15, 0.2) is 5.82 Å². The Bertz CT molecular complexity index is 650. The van der Waals surface area contributed by atoms with Gasteiger partial charge in [0, 0.05) is 0 Å². The van der Waals surface area contributed by atoms with Gasteiger partial charge >= 0.3 is 0 Å². The lowest BCUT2D eigenvalue weighted by atomic mass is 10.1. The van der Waals surface area contributed by atoms with Crippen molar-refractivity contribution in [3.8, 4) is 22.9 Å². The van der Waals surface area contributed by atoms with Crippen molar-refractivity contribution in [3.63, 3.8) is 0 Å². The second-order valence-electron chi connectivity index (χ2n) is 4.41. The van der Waals surface area contributed by atoms with Crippen LogP contribution in [-0.2, 0) is 6.42 Å².